The Morgan fingerprint density at radius 1 is 1.25 bits per heavy atom. The molecule has 1 aromatic rings. The first-order valence-corrected chi connectivity index (χ1v) is 5.69. The largest absolute Gasteiger partial charge is 0.294 e. The molecule has 1 aromatic carbocycles. The summed E-state index contributed by atoms with van der Waals surface area (Å²) in [6.07, 6.45) is 7.00. The number of benzene rings is 1. The van der Waals surface area contributed by atoms with Crippen LogP contribution in [0.15, 0.2) is 54.1 Å². The van der Waals surface area contributed by atoms with E-state index in [0.717, 1.165) is 6.42 Å². The van der Waals surface area contributed by atoms with Gasteiger partial charge in [-0.2, -0.15) is 0 Å². The van der Waals surface area contributed by atoms with Gasteiger partial charge in [0.05, 0.1) is 0 Å². The van der Waals surface area contributed by atoms with Gasteiger partial charge in [-0.15, -0.1) is 0 Å². The maximum absolute atomic E-state index is 11.7. The number of carbonyl (C=O) groups excluding carboxylic acids is 1. The first kappa shape index (κ1) is 9.59. The first-order valence-electron chi connectivity index (χ1n) is 5.69. The lowest BCUT2D eigenvalue weighted by Gasteiger charge is -2.28. The van der Waals surface area contributed by atoms with E-state index in [1.54, 1.807) is 6.08 Å². The zero-order chi connectivity index (χ0) is 11.2. The molecule has 1 heteroatoms. The summed E-state index contributed by atoms with van der Waals surface area (Å²) in [6, 6.07) is 10.4. The van der Waals surface area contributed by atoms with Crippen LogP contribution in [0, 0.1) is 5.92 Å². The van der Waals surface area contributed by atoms with E-state index in [1.165, 1.54) is 11.1 Å². The molecular weight excluding hydrogens is 196 g/mol. The molecule has 2 aliphatic rings. The molecule has 0 saturated carbocycles. The summed E-state index contributed by atoms with van der Waals surface area (Å²) >= 11 is 0. The second kappa shape index (κ2) is 3.18. The zero-order valence-electron chi connectivity index (χ0n) is 9.31. The summed E-state index contributed by atoms with van der Waals surface area (Å²) in [6.45, 7) is 2.07. The number of rotatable bonds is 1. The molecular formula is C15H14O. The highest BCUT2D eigenvalue weighted by molar-refractivity contribution is 5.96. The molecule has 0 unspecified atom stereocenters. The Bertz CT molecular complexity index is 495. The minimum absolute atomic E-state index is 0.0239. The van der Waals surface area contributed by atoms with Crippen LogP contribution in [0.25, 0.3) is 0 Å². The van der Waals surface area contributed by atoms with Gasteiger partial charge in [0.1, 0.15) is 0 Å². The van der Waals surface area contributed by atoms with E-state index in [-0.39, 0.29) is 17.1 Å². The van der Waals surface area contributed by atoms with Crippen molar-refractivity contribution < 1.29 is 4.79 Å². The fourth-order valence-electron chi connectivity index (χ4n) is 2.90. The summed E-state index contributed by atoms with van der Waals surface area (Å²) in [5.74, 6) is 0.378. The lowest BCUT2D eigenvalue weighted by molar-refractivity contribution is -0.117. The van der Waals surface area contributed by atoms with Crippen LogP contribution in [0.3, 0.4) is 0 Å². The van der Waals surface area contributed by atoms with Crippen LogP contribution < -0.4 is 0 Å². The Labute approximate surface area is 95.5 Å². The van der Waals surface area contributed by atoms with Crippen molar-refractivity contribution >= 4 is 5.78 Å². The fourth-order valence-corrected chi connectivity index (χ4v) is 2.90. The first-order chi connectivity index (χ1) is 7.71. The summed E-state index contributed by atoms with van der Waals surface area (Å²) < 4.78 is 0. The molecule has 0 radical (unpaired) electrons. The van der Waals surface area contributed by atoms with E-state index in [1.807, 2.05) is 6.07 Å². The second-order valence-electron chi connectivity index (χ2n) is 4.79. The summed E-state index contributed by atoms with van der Waals surface area (Å²) in [7, 11) is 0. The van der Waals surface area contributed by atoms with E-state index in [0.29, 0.717) is 0 Å². The topological polar surface area (TPSA) is 17.1 Å². The maximum Gasteiger partial charge on any atom is 0.162 e. The molecule has 0 N–H and O–H groups in total. The third-order valence-corrected chi connectivity index (χ3v) is 3.78. The van der Waals surface area contributed by atoms with Crippen LogP contribution in [0.1, 0.15) is 18.9 Å². The number of ketones is 1. The monoisotopic (exact) mass is 210 g/mol. The average molecular weight is 210 g/mol. The molecule has 0 aliphatic heterocycles. The third kappa shape index (κ3) is 1.21. The Morgan fingerprint density at radius 3 is 2.75 bits per heavy atom. The van der Waals surface area contributed by atoms with Gasteiger partial charge in [-0.25, -0.2) is 0 Å². The molecule has 0 spiro atoms. The lowest BCUT2D eigenvalue weighted by atomic mass is 9.74. The van der Waals surface area contributed by atoms with Crippen molar-refractivity contribution in [2.75, 3.05) is 0 Å². The van der Waals surface area contributed by atoms with Crippen LogP contribution in [-0.2, 0) is 10.2 Å². The van der Waals surface area contributed by atoms with E-state index < -0.39 is 0 Å². The quantitative estimate of drug-likeness (QED) is 0.651. The van der Waals surface area contributed by atoms with Crippen LogP contribution in [0.4, 0.5) is 0 Å². The van der Waals surface area contributed by atoms with Crippen LogP contribution in [-0.4, -0.2) is 5.78 Å². The Morgan fingerprint density at radius 2 is 2.00 bits per heavy atom. The van der Waals surface area contributed by atoms with Gasteiger partial charge in [-0.05, 0) is 25.0 Å². The van der Waals surface area contributed by atoms with Crippen LogP contribution >= 0.6 is 0 Å². The standard InChI is InChI=1S/C15H14O/c1-11-9-15(12-5-3-2-4-6-12)8-7-14(16)13(11)10-15/h2-9,13H,10H2,1H3/t13-,15+/m1/s1. The van der Waals surface area contributed by atoms with Crippen molar-refractivity contribution in [1.29, 1.82) is 0 Å². The van der Waals surface area contributed by atoms with Crippen LogP contribution in [0.2, 0.25) is 0 Å². The van der Waals surface area contributed by atoms with Crippen molar-refractivity contribution in [3.63, 3.8) is 0 Å². The molecule has 0 heterocycles. The zero-order valence-corrected chi connectivity index (χ0v) is 9.31. The van der Waals surface area contributed by atoms with Crippen LogP contribution in [0.5, 0.6) is 0 Å². The Kier molecular flexibility index (Phi) is 1.90. The molecule has 2 bridgehead atoms. The van der Waals surface area contributed by atoms with Gasteiger partial charge in [0.2, 0.25) is 0 Å². The van der Waals surface area contributed by atoms with Crippen molar-refractivity contribution in [3.8, 4) is 0 Å². The number of carbonyl (C=O) groups is 1. The second-order valence-corrected chi connectivity index (χ2v) is 4.79. The summed E-state index contributed by atoms with van der Waals surface area (Å²) in [5.41, 5.74) is 2.49. The average Bonchev–Trinajstić information content (AvgIpc) is 2.61. The van der Waals surface area contributed by atoms with Gasteiger partial charge in [0, 0.05) is 11.3 Å². The molecule has 0 saturated heterocycles. The van der Waals surface area contributed by atoms with Crippen molar-refractivity contribution in [3.05, 3.63) is 59.7 Å². The van der Waals surface area contributed by atoms with Gasteiger partial charge < -0.3 is 0 Å². The number of allylic oxidation sites excluding steroid dienone is 4. The van der Waals surface area contributed by atoms with Crippen molar-refractivity contribution in [2.24, 2.45) is 5.92 Å². The molecule has 0 aromatic heterocycles. The van der Waals surface area contributed by atoms with E-state index in [9.17, 15) is 4.79 Å². The Hall–Kier alpha value is -1.63. The third-order valence-electron chi connectivity index (χ3n) is 3.78. The molecule has 16 heavy (non-hydrogen) atoms. The summed E-state index contributed by atoms with van der Waals surface area (Å²) in [5, 5.41) is 0. The molecule has 0 fully saturated rings. The maximum atomic E-state index is 11.7. The normalized spacial score (nSPS) is 31.7. The smallest absolute Gasteiger partial charge is 0.162 e. The minimum atomic E-state index is -0.0239. The van der Waals surface area contributed by atoms with Gasteiger partial charge in [0.25, 0.3) is 0 Å². The van der Waals surface area contributed by atoms with Gasteiger partial charge in [-0.3, -0.25) is 4.79 Å². The van der Waals surface area contributed by atoms with Gasteiger partial charge in [0.15, 0.2) is 5.78 Å². The van der Waals surface area contributed by atoms with Crippen molar-refractivity contribution in [2.45, 2.75) is 18.8 Å². The Balaban J connectivity index is 2.14. The molecule has 1 nitrogen and oxygen atoms in total. The highest BCUT2D eigenvalue weighted by Crippen LogP contribution is 2.46. The summed E-state index contributed by atoms with van der Waals surface area (Å²) in [4.78, 5) is 11.7. The van der Waals surface area contributed by atoms with Crippen molar-refractivity contribution in [1.82, 2.24) is 0 Å². The van der Waals surface area contributed by atoms with Gasteiger partial charge in [-0.1, -0.05) is 48.1 Å². The number of hydrogen-bond acceptors (Lipinski definition) is 1. The lowest BCUT2D eigenvalue weighted by Crippen LogP contribution is -2.26. The molecule has 2 atom stereocenters. The molecule has 3 rings (SSSR count). The molecule has 2 aliphatic carbocycles. The van der Waals surface area contributed by atoms with E-state index in [4.69, 9.17) is 0 Å². The predicted molar refractivity (Wildman–Crippen MR) is 64.1 cm³/mol. The number of fused-ring (bicyclic) bond motifs is 2. The predicted octanol–water partition coefficient (Wildman–Crippen LogP) is 3.03. The number of hydrogen-bond donors (Lipinski definition) is 0. The SMILES string of the molecule is CC1=C[C@@]2(c3ccccc3)C=CC(=O)[C@@H]1C2. The highest BCUT2D eigenvalue weighted by atomic mass is 16.1. The minimum Gasteiger partial charge on any atom is -0.294 e. The van der Waals surface area contributed by atoms with E-state index >= 15 is 0 Å². The fraction of sp³-hybridized carbons (Fsp3) is 0.267. The van der Waals surface area contributed by atoms with E-state index in [2.05, 4.69) is 43.3 Å². The van der Waals surface area contributed by atoms with Gasteiger partial charge >= 0.3 is 0 Å². The molecule has 0 amide bonds. The molecule has 80 valence electrons. The highest BCUT2D eigenvalue weighted by Gasteiger charge is 2.42.